The summed E-state index contributed by atoms with van der Waals surface area (Å²) in [5, 5.41) is 0. The van der Waals surface area contributed by atoms with Crippen LogP contribution in [-0.2, 0) is 0 Å². The number of thioether (sulfide) groups is 1. The Kier molecular flexibility index (Phi) is 6.07. The van der Waals surface area contributed by atoms with Gasteiger partial charge < -0.3 is 0 Å². The van der Waals surface area contributed by atoms with Crippen LogP contribution in [0.15, 0.2) is 22.6 Å². The molecule has 0 aliphatic rings. The van der Waals surface area contributed by atoms with E-state index in [-0.39, 0.29) is 5.41 Å². The summed E-state index contributed by atoms with van der Waals surface area (Å²) >= 11 is 1.95. The Bertz CT molecular complexity index is 294. The standard InChI is InChI=1S/C16H30S/c1-12(10-13(2)15(4,5)6)11-14(3)17-16(7,8)9/h10-12H,1-9H3/b13-10+,14-11+. The van der Waals surface area contributed by atoms with Crippen LogP contribution >= 0.6 is 11.8 Å². The maximum atomic E-state index is 2.38. The Morgan fingerprint density at radius 3 is 1.76 bits per heavy atom. The van der Waals surface area contributed by atoms with Crippen LogP contribution in [0.2, 0.25) is 0 Å². The van der Waals surface area contributed by atoms with E-state index in [1.54, 1.807) is 0 Å². The highest BCUT2D eigenvalue weighted by Gasteiger charge is 2.14. The summed E-state index contributed by atoms with van der Waals surface area (Å²) in [6, 6.07) is 0. The smallest absolute Gasteiger partial charge is 0.0119 e. The molecule has 0 radical (unpaired) electrons. The molecule has 0 heterocycles. The fraction of sp³-hybridized carbons (Fsp3) is 0.750. The van der Waals surface area contributed by atoms with E-state index in [1.165, 1.54) is 10.5 Å². The minimum Gasteiger partial charge on any atom is -0.125 e. The van der Waals surface area contributed by atoms with Crippen molar-refractivity contribution in [1.82, 2.24) is 0 Å². The Morgan fingerprint density at radius 1 is 0.941 bits per heavy atom. The molecule has 0 aliphatic heterocycles. The van der Waals surface area contributed by atoms with E-state index in [2.05, 4.69) is 74.5 Å². The van der Waals surface area contributed by atoms with Gasteiger partial charge in [0.1, 0.15) is 0 Å². The van der Waals surface area contributed by atoms with Gasteiger partial charge >= 0.3 is 0 Å². The predicted octanol–water partition coefficient (Wildman–Crippen LogP) is 6.05. The molecular weight excluding hydrogens is 224 g/mol. The van der Waals surface area contributed by atoms with Crippen molar-refractivity contribution in [2.45, 2.75) is 67.1 Å². The van der Waals surface area contributed by atoms with Crippen LogP contribution in [0, 0.1) is 11.3 Å². The zero-order valence-electron chi connectivity index (χ0n) is 13.1. The van der Waals surface area contributed by atoms with E-state index < -0.39 is 0 Å². The predicted molar refractivity (Wildman–Crippen MR) is 83.5 cm³/mol. The van der Waals surface area contributed by atoms with Crippen molar-refractivity contribution in [2.24, 2.45) is 11.3 Å². The number of hydrogen-bond donors (Lipinski definition) is 0. The second kappa shape index (κ2) is 6.13. The van der Waals surface area contributed by atoms with Crippen molar-refractivity contribution in [3.05, 3.63) is 22.6 Å². The molecule has 0 rings (SSSR count). The topological polar surface area (TPSA) is 0 Å². The first-order valence-corrected chi connectivity index (χ1v) is 7.30. The molecule has 1 heteroatoms. The lowest BCUT2D eigenvalue weighted by molar-refractivity contribution is 0.499. The van der Waals surface area contributed by atoms with E-state index in [1.807, 2.05) is 11.8 Å². The van der Waals surface area contributed by atoms with Gasteiger partial charge in [0.05, 0.1) is 0 Å². The van der Waals surface area contributed by atoms with Crippen LogP contribution < -0.4 is 0 Å². The van der Waals surface area contributed by atoms with Gasteiger partial charge in [0.2, 0.25) is 0 Å². The molecular formula is C16H30S. The molecule has 0 saturated heterocycles. The zero-order chi connectivity index (χ0) is 13.9. The Balaban J connectivity index is 4.65. The molecule has 0 saturated carbocycles. The summed E-state index contributed by atoms with van der Waals surface area (Å²) in [5.41, 5.74) is 1.75. The minimum absolute atomic E-state index is 0.285. The first-order chi connectivity index (χ1) is 7.42. The quantitative estimate of drug-likeness (QED) is 0.552. The highest BCUT2D eigenvalue weighted by Crippen LogP contribution is 2.32. The summed E-state index contributed by atoms with van der Waals surface area (Å²) in [6.07, 6.45) is 4.75. The molecule has 17 heavy (non-hydrogen) atoms. The molecule has 0 aromatic carbocycles. The molecule has 100 valence electrons. The van der Waals surface area contributed by atoms with Gasteiger partial charge in [-0.15, -0.1) is 11.8 Å². The summed E-state index contributed by atoms with van der Waals surface area (Å²) < 4.78 is 0.309. The monoisotopic (exact) mass is 254 g/mol. The van der Waals surface area contributed by atoms with E-state index in [9.17, 15) is 0 Å². The Labute approximate surface area is 113 Å². The van der Waals surface area contributed by atoms with Crippen LogP contribution in [0.25, 0.3) is 0 Å². The van der Waals surface area contributed by atoms with Gasteiger partial charge in [-0.05, 0) is 30.1 Å². The highest BCUT2D eigenvalue weighted by molar-refractivity contribution is 8.04. The van der Waals surface area contributed by atoms with Gasteiger partial charge in [-0.3, -0.25) is 0 Å². The molecule has 0 spiro atoms. The molecule has 0 bridgehead atoms. The van der Waals surface area contributed by atoms with Crippen LogP contribution in [0.5, 0.6) is 0 Å². The summed E-state index contributed by atoms with van der Waals surface area (Å²) in [6.45, 7) is 20.3. The molecule has 0 nitrogen and oxygen atoms in total. The summed E-state index contributed by atoms with van der Waals surface area (Å²) in [7, 11) is 0. The largest absolute Gasteiger partial charge is 0.125 e. The van der Waals surface area contributed by atoms with E-state index in [0.717, 1.165) is 0 Å². The van der Waals surface area contributed by atoms with Gasteiger partial charge in [0.25, 0.3) is 0 Å². The maximum Gasteiger partial charge on any atom is 0.0119 e. The van der Waals surface area contributed by atoms with Gasteiger partial charge in [-0.2, -0.15) is 0 Å². The van der Waals surface area contributed by atoms with Crippen LogP contribution in [0.3, 0.4) is 0 Å². The van der Waals surface area contributed by atoms with Gasteiger partial charge in [0, 0.05) is 4.75 Å². The van der Waals surface area contributed by atoms with Crippen LogP contribution in [-0.4, -0.2) is 4.75 Å². The number of hydrogen-bond acceptors (Lipinski definition) is 1. The first-order valence-electron chi connectivity index (χ1n) is 6.48. The van der Waals surface area contributed by atoms with E-state index in [0.29, 0.717) is 10.7 Å². The van der Waals surface area contributed by atoms with Crippen molar-refractivity contribution in [3.63, 3.8) is 0 Å². The molecule has 0 N–H and O–H groups in total. The minimum atomic E-state index is 0.285. The fourth-order valence-corrected chi connectivity index (χ4v) is 2.83. The van der Waals surface area contributed by atoms with Crippen molar-refractivity contribution >= 4 is 11.8 Å². The molecule has 0 amide bonds. The summed E-state index contributed by atoms with van der Waals surface area (Å²) in [4.78, 5) is 1.42. The fourth-order valence-electron chi connectivity index (χ4n) is 1.58. The SMILES string of the molecule is C/C(=C\C(C)/C=C(\C)C(C)(C)C)SC(C)(C)C. The second-order valence-electron chi connectivity index (χ2n) is 6.95. The van der Waals surface area contributed by atoms with E-state index >= 15 is 0 Å². The van der Waals surface area contributed by atoms with Gasteiger partial charge in [-0.25, -0.2) is 0 Å². The first kappa shape index (κ1) is 16.8. The third-order valence-corrected chi connectivity index (χ3v) is 3.73. The lowest BCUT2D eigenvalue weighted by Crippen LogP contribution is -2.08. The van der Waals surface area contributed by atoms with Crippen molar-refractivity contribution in [3.8, 4) is 0 Å². The van der Waals surface area contributed by atoms with Gasteiger partial charge in [0.15, 0.2) is 0 Å². The lowest BCUT2D eigenvalue weighted by atomic mass is 9.86. The van der Waals surface area contributed by atoms with Crippen LogP contribution in [0.4, 0.5) is 0 Å². The second-order valence-corrected chi connectivity index (χ2v) is 9.02. The van der Waals surface area contributed by atoms with Crippen molar-refractivity contribution in [2.75, 3.05) is 0 Å². The van der Waals surface area contributed by atoms with Crippen molar-refractivity contribution in [1.29, 1.82) is 0 Å². The van der Waals surface area contributed by atoms with Gasteiger partial charge in [-0.1, -0.05) is 66.2 Å². The zero-order valence-corrected chi connectivity index (χ0v) is 14.0. The molecule has 0 fully saturated rings. The average Bonchev–Trinajstić information content (AvgIpc) is 1.96. The van der Waals surface area contributed by atoms with E-state index in [4.69, 9.17) is 0 Å². The third-order valence-electron chi connectivity index (χ3n) is 2.66. The molecule has 1 unspecified atom stereocenters. The van der Waals surface area contributed by atoms with Crippen molar-refractivity contribution < 1.29 is 0 Å². The molecule has 0 aromatic heterocycles. The average molecular weight is 254 g/mol. The lowest BCUT2D eigenvalue weighted by Gasteiger charge is -2.21. The Hall–Kier alpha value is -0.170. The van der Waals surface area contributed by atoms with Crippen LogP contribution in [0.1, 0.15) is 62.3 Å². The maximum absolute atomic E-state index is 2.38. The normalized spacial score (nSPS) is 17.2. The third kappa shape index (κ3) is 8.54. The molecule has 1 atom stereocenters. The molecule has 0 aliphatic carbocycles. The molecule has 0 aromatic rings. The summed E-state index contributed by atoms with van der Waals surface area (Å²) in [5.74, 6) is 0.518. The number of rotatable bonds is 3. The Morgan fingerprint density at radius 2 is 1.41 bits per heavy atom. The number of allylic oxidation sites excluding steroid dienone is 4. The highest BCUT2D eigenvalue weighted by atomic mass is 32.2.